The van der Waals surface area contributed by atoms with Crippen molar-refractivity contribution < 1.29 is 13.2 Å². The van der Waals surface area contributed by atoms with Crippen LogP contribution in [0.15, 0.2) is 0 Å². The fourth-order valence-electron chi connectivity index (χ4n) is 2.25. The lowest BCUT2D eigenvalue weighted by Crippen LogP contribution is -2.51. The molecule has 0 spiro atoms. The van der Waals surface area contributed by atoms with Crippen LogP contribution in [0.2, 0.25) is 0 Å². The molecule has 2 aliphatic heterocycles. The van der Waals surface area contributed by atoms with Gasteiger partial charge in [-0.3, -0.25) is 0 Å². The van der Waals surface area contributed by atoms with E-state index in [4.69, 9.17) is 4.74 Å². The van der Waals surface area contributed by atoms with E-state index in [0.717, 1.165) is 19.3 Å². The molecule has 2 aliphatic rings. The van der Waals surface area contributed by atoms with Gasteiger partial charge < -0.3 is 4.74 Å². The first-order valence-electron chi connectivity index (χ1n) is 5.97. The first-order chi connectivity index (χ1) is 7.60. The Morgan fingerprint density at radius 1 is 1.06 bits per heavy atom. The Kier molecular flexibility index (Phi) is 3.84. The van der Waals surface area contributed by atoms with Crippen LogP contribution in [0.5, 0.6) is 0 Å². The third kappa shape index (κ3) is 2.56. The number of rotatable bonds is 2. The van der Waals surface area contributed by atoms with Gasteiger partial charge in [-0.15, -0.1) is 0 Å². The Balaban J connectivity index is 2.05. The molecule has 0 aliphatic carbocycles. The largest absolute Gasteiger partial charge is 0.376 e. The van der Waals surface area contributed by atoms with E-state index in [-0.39, 0.29) is 6.10 Å². The number of morpholine rings is 1. The van der Waals surface area contributed by atoms with Crippen LogP contribution in [-0.4, -0.2) is 55.9 Å². The maximum absolute atomic E-state index is 12.3. The predicted molar refractivity (Wildman–Crippen MR) is 61.3 cm³/mol. The Morgan fingerprint density at radius 2 is 1.75 bits per heavy atom. The highest BCUT2D eigenvalue weighted by molar-refractivity contribution is 7.86. The van der Waals surface area contributed by atoms with Gasteiger partial charge in [-0.1, -0.05) is 6.42 Å². The highest BCUT2D eigenvalue weighted by Crippen LogP contribution is 2.18. The summed E-state index contributed by atoms with van der Waals surface area (Å²) < 4.78 is 33.1. The van der Waals surface area contributed by atoms with Gasteiger partial charge in [0.15, 0.2) is 0 Å². The van der Waals surface area contributed by atoms with Gasteiger partial charge in [0.2, 0.25) is 0 Å². The van der Waals surface area contributed by atoms with E-state index in [1.165, 1.54) is 0 Å². The molecule has 0 aromatic rings. The molecule has 0 N–H and O–H groups in total. The molecule has 2 rings (SSSR count). The minimum Gasteiger partial charge on any atom is -0.376 e. The summed E-state index contributed by atoms with van der Waals surface area (Å²) in [7, 11) is -3.23. The number of hydrogen-bond acceptors (Lipinski definition) is 3. The van der Waals surface area contributed by atoms with Crippen LogP contribution in [0.1, 0.15) is 26.2 Å². The summed E-state index contributed by atoms with van der Waals surface area (Å²) in [5, 5.41) is 0. The predicted octanol–water partition coefficient (Wildman–Crippen LogP) is 0.438. The number of hydrogen-bond donors (Lipinski definition) is 0. The summed E-state index contributed by atoms with van der Waals surface area (Å²) in [5.41, 5.74) is 0. The minimum absolute atomic E-state index is 0.00770. The summed E-state index contributed by atoms with van der Waals surface area (Å²) in [6, 6.07) is 0. The van der Waals surface area contributed by atoms with Gasteiger partial charge in [0, 0.05) is 26.2 Å². The van der Waals surface area contributed by atoms with Crippen molar-refractivity contribution in [3.8, 4) is 0 Å². The molecule has 94 valence electrons. The number of ether oxygens (including phenoxy) is 1. The molecule has 6 heteroatoms. The summed E-state index contributed by atoms with van der Waals surface area (Å²) >= 11 is 0. The molecule has 2 saturated heterocycles. The van der Waals surface area contributed by atoms with Gasteiger partial charge in [0.05, 0.1) is 12.7 Å². The average Bonchev–Trinajstić information content (AvgIpc) is 2.30. The molecule has 0 radical (unpaired) electrons. The van der Waals surface area contributed by atoms with E-state index < -0.39 is 10.2 Å². The van der Waals surface area contributed by atoms with E-state index in [9.17, 15) is 8.42 Å². The molecule has 0 unspecified atom stereocenters. The van der Waals surface area contributed by atoms with E-state index in [1.54, 1.807) is 8.61 Å². The number of nitrogens with zero attached hydrogens (tertiary/aromatic N) is 2. The maximum atomic E-state index is 12.3. The molecule has 0 saturated carbocycles. The highest BCUT2D eigenvalue weighted by Gasteiger charge is 2.33. The zero-order chi connectivity index (χ0) is 11.6. The van der Waals surface area contributed by atoms with Crippen LogP contribution in [0.25, 0.3) is 0 Å². The van der Waals surface area contributed by atoms with Gasteiger partial charge in [-0.05, 0) is 19.8 Å². The first kappa shape index (κ1) is 12.3. The summed E-state index contributed by atoms with van der Waals surface area (Å²) in [6.45, 7) is 4.75. The quantitative estimate of drug-likeness (QED) is 0.712. The lowest BCUT2D eigenvalue weighted by molar-refractivity contribution is 0.00807. The molecule has 2 heterocycles. The second-order valence-corrected chi connectivity index (χ2v) is 6.44. The molecule has 0 bridgehead atoms. The molecule has 0 amide bonds. The van der Waals surface area contributed by atoms with E-state index in [1.807, 2.05) is 6.92 Å². The topological polar surface area (TPSA) is 49.9 Å². The molecule has 1 atom stereocenters. The van der Waals surface area contributed by atoms with Crippen LogP contribution in [0.4, 0.5) is 0 Å². The van der Waals surface area contributed by atoms with Gasteiger partial charge >= 0.3 is 0 Å². The van der Waals surface area contributed by atoms with Crippen LogP contribution >= 0.6 is 0 Å². The summed E-state index contributed by atoms with van der Waals surface area (Å²) in [4.78, 5) is 0. The fourth-order valence-corrected chi connectivity index (χ4v) is 4.00. The fraction of sp³-hybridized carbons (Fsp3) is 1.00. The molecule has 0 aromatic heterocycles. The van der Waals surface area contributed by atoms with Crippen molar-refractivity contribution in [2.45, 2.75) is 32.3 Å². The van der Waals surface area contributed by atoms with Crippen molar-refractivity contribution in [1.82, 2.24) is 8.61 Å². The van der Waals surface area contributed by atoms with Crippen molar-refractivity contribution in [2.75, 3.05) is 32.8 Å². The molecule has 5 nitrogen and oxygen atoms in total. The Hall–Kier alpha value is -0.170. The van der Waals surface area contributed by atoms with Gasteiger partial charge in [-0.25, -0.2) is 0 Å². The van der Waals surface area contributed by atoms with Gasteiger partial charge in [0.1, 0.15) is 0 Å². The van der Waals surface area contributed by atoms with Crippen molar-refractivity contribution in [2.24, 2.45) is 0 Å². The summed E-state index contributed by atoms with van der Waals surface area (Å²) in [6.07, 6.45) is 3.12. The smallest absolute Gasteiger partial charge is 0.282 e. The van der Waals surface area contributed by atoms with Crippen molar-refractivity contribution in [3.05, 3.63) is 0 Å². The van der Waals surface area contributed by atoms with Crippen molar-refractivity contribution in [1.29, 1.82) is 0 Å². The second-order valence-electron chi connectivity index (χ2n) is 4.51. The normalized spacial score (nSPS) is 30.4. The third-order valence-corrected chi connectivity index (χ3v) is 5.17. The monoisotopic (exact) mass is 248 g/mol. The lowest BCUT2D eigenvalue weighted by Gasteiger charge is -2.35. The molecular weight excluding hydrogens is 228 g/mol. The van der Waals surface area contributed by atoms with Crippen molar-refractivity contribution in [3.63, 3.8) is 0 Å². The van der Waals surface area contributed by atoms with E-state index in [2.05, 4.69) is 0 Å². The molecule has 0 aromatic carbocycles. The third-order valence-electron chi connectivity index (χ3n) is 3.17. The number of piperidine rings is 1. The minimum atomic E-state index is -3.23. The van der Waals surface area contributed by atoms with Gasteiger partial charge in [0.25, 0.3) is 10.2 Å². The zero-order valence-electron chi connectivity index (χ0n) is 9.76. The molecule has 2 fully saturated rings. The van der Waals surface area contributed by atoms with Gasteiger partial charge in [-0.2, -0.15) is 17.0 Å². The zero-order valence-corrected chi connectivity index (χ0v) is 10.6. The van der Waals surface area contributed by atoms with Crippen LogP contribution < -0.4 is 0 Å². The van der Waals surface area contributed by atoms with Crippen LogP contribution in [0, 0.1) is 0 Å². The SMILES string of the molecule is C[C@H]1CN(S(=O)(=O)N2CCCCC2)CCO1. The highest BCUT2D eigenvalue weighted by atomic mass is 32.2. The van der Waals surface area contributed by atoms with Crippen molar-refractivity contribution >= 4 is 10.2 Å². The standard InChI is InChI=1S/C10H20N2O3S/c1-10-9-12(7-8-15-10)16(13,14)11-5-3-2-4-6-11/h10H,2-9H2,1H3/t10-/m0/s1. The Labute approximate surface area is 97.5 Å². The maximum Gasteiger partial charge on any atom is 0.282 e. The summed E-state index contributed by atoms with van der Waals surface area (Å²) in [5.74, 6) is 0. The van der Waals surface area contributed by atoms with E-state index >= 15 is 0 Å². The Bertz CT molecular complexity index is 325. The first-order valence-corrected chi connectivity index (χ1v) is 7.37. The lowest BCUT2D eigenvalue weighted by atomic mass is 10.2. The molecular formula is C10H20N2O3S. The van der Waals surface area contributed by atoms with E-state index in [0.29, 0.717) is 32.8 Å². The van der Waals surface area contributed by atoms with Crippen LogP contribution in [0.3, 0.4) is 0 Å². The Morgan fingerprint density at radius 3 is 2.38 bits per heavy atom. The average molecular weight is 248 g/mol. The van der Waals surface area contributed by atoms with Crippen LogP contribution in [-0.2, 0) is 14.9 Å². The second kappa shape index (κ2) is 5.00. The molecule has 16 heavy (non-hydrogen) atoms.